The normalized spacial score (nSPS) is 13.9. The number of fused-ring (bicyclic) bond motifs is 3. The van der Waals surface area contributed by atoms with E-state index in [4.69, 9.17) is 0 Å². The first kappa shape index (κ1) is 27.8. The Bertz CT molecular complexity index is 1120. The van der Waals surface area contributed by atoms with E-state index < -0.39 is 20.4 Å². The minimum absolute atomic E-state index is 0. The summed E-state index contributed by atoms with van der Waals surface area (Å²) >= 11 is -1.91. The third-order valence-corrected chi connectivity index (χ3v) is 23.5. The van der Waals surface area contributed by atoms with Crippen molar-refractivity contribution >= 4 is 8.70 Å². The van der Waals surface area contributed by atoms with E-state index in [1.54, 1.807) is 16.7 Å². The fourth-order valence-electron chi connectivity index (χ4n) is 5.02. The van der Waals surface area contributed by atoms with Crippen LogP contribution in [0.15, 0.2) is 51.8 Å². The second-order valence-electron chi connectivity index (χ2n) is 11.3. The van der Waals surface area contributed by atoms with Crippen molar-refractivity contribution in [3.05, 3.63) is 74.1 Å². The molecule has 4 heteroatoms. The number of benzene rings is 2. The summed E-state index contributed by atoms with van der Waals surface area (Å²) < 4.78 is 3.67. The van der Waals surface area contributed by atoms with Gasteiger partial charge in [0.05, 0.1) is 0 Å². The largest absolute Gasteiger partial charge is 1.00 e. The van der Waals surface area contributed by atoms with Crippen molar-refractivity contribution in [1.29, 1.82) is 0 Å². The van der Waals surface area contributed by atoms with E-state index in [9.17, 15) is 0 Å². The molecule has 170 valence electrons. The van der Waals surface area contributed by atoms with E-state index in [2.05, 4.69) is 103 Å². The molecule has 0 saturated carbocycles. The van der Waals surface area contributed by atoms with Crippen molar-refractivity contribution in [2.45, 2.75) is 78.3 Å². The maximum Gasteiger partial charge on any atom is -1.00 e. The standard InChI is InChI=1S/C21H25.C5H5.C2H6Si.2ClH.Zr/c1-20(2,3)16-7-9-18-14(12-16)11-15-13-17(21(4,5)6)8-10-19(15)18;1-2-4-5-3-1;1-3-2;;;/h7-10,12H,11H2,1-6H3;1-3H,4H2;1-2H3;2*1H;/q;;;;;+2/p-2. The second-order valence-corrected chi connectivity index (χ2v) is 28.2. The molecular weight excluding hydrogens is 527 g/mol. The summed E-state index contributed by atoms with van der Waals surface area (Å²) in [5, 5.41) is 0. The summed E-state index contributed by atoms with van der Waals surface area (Å²) in [6, 6.07) is 12.2. The molecule has 0 fully saturated rings. The van der Waals surface area contributed by atoms with Gasteiger partial charge >= 0.3 is 193 Å². The number of hydrogen-bond donors (Lipinski definition) is 0. The summed E-state index contributed by atoms with van der Waals surface area (Å²) in [7, 11) is 0. The van der Waals surface area contributed by atoms with Crippen LogP contribution in [0.1, 0.15) is 70.2 Å². The molecule has 0 aromatic heterocycles. The molecule has 0 atom stereocenters. The van der Waals surface area contributed by atoms with Gasteiger partial charge in [-0.1, -0.05) is 0 Å². The van der Waals surface area contributed by atoms with Crippen molar-refractivity contribution in [2.24, 2.45) is 0 Å². The first-order valence-electron chi connectivity index (χ1n) is 11.3. The van der Waals surface area contributed by atoms with Gasteiger partial charge in [-0.3, -0.25) is 0 Å². The Morgan fingerprint density at radius 2 is 1.50 bits per heavy atom. The summed E-state index contributed by atoms with van der Waals surface area (Å²) in [6.07, 6.45) is 9.51. The molecule has 0 N–H and O–H groups in total. The Labute approximate surface area is 216 Å². The molecule has 2 aromatic rings. The Morgan fingerprint density at radius 3 is 2.03 bits per heavy atom. The third-order valence-electron chi connectivity index (χ3n) is 6.59. The zero-order valence-corrected chi connectivity index (χ0v) is 25.8. The Hall–Kier alpha value is -0.400. The Balaban J connectivity index is 0.00000181. The van der Waals surface area contributed by atoms with E-state index >= 15 is 0 Å². The molecular formula is C28H36Cl2SiZr. The molecule has 2 aliphatic rings. The van der Waals surface area contributed by atoms with E-state index in [1.165, 1.54) is 23.1 Å². The predicted molar refractivity (Wildman–Crippen MR) is 131 cm³/mol. The van der Waals surface area contributed by atoms with E-state index in [-0.39, 0.29) is 41.1 Å². The third kappa shape index (κ3) is 5.14. The zero-order valence-electron chi connectivity index (χ0n) is 20.8. The average molecular weight is 563 g/mol. The van der Waals surface area contributed by atoms with Crippen LogP contribution in [0.2, 0.25) is 13.1 Å². The molecule has 0 bridgehead atoms. The first-order valence-corrected chi connectivity index (χ1v) is 20.0. The van der Waals surface area contributed by atoms with E-state index in [0.717, 1.165) is 6.42 Å². The van der Waals surface area contributed by atoms with Crippen molar-refractivity contribution < 1.29 is 45.2 Å². The van der Waals surface area contributed by atoms with Gasteiger partial charge in [0.2, 0.25) is 0 Å². The van der Waals surface area contributed by atoms with Crippen LogP contribution >= 0.6 is 0 Å². The first-order chi connectivity index (χ1) is 14.0. The number of hydrogen-bond acceptors (Lipinski definition) is 0. The molecule has 0 heterocycles. The van der Waals surface area contributed by atoms with Gasteiger partial charge in [-0.05, 0) is 0 Å². The maximum absolute atomic E-state index is 2.59. The van der Waals surface area contributed by atoms with Gasteiger partial charge in [-0.15, -0.1) is 0 Å². The minimum atomic E-state index is -1.91. The SMILES string of the molecule is C[Si](C)=[Zr+2]([C]1=CC=CC1)[c]1c(C(C)(C)C)ccc2c1Cc1cc(C(C)(C)C)ccc1-2.[Cl-].[Cl-]. The quantitative estimate of drug-likeness (QED) is 0.412. The maximum atomic E-state index is 2.59. The predicted octanol–water partition coefficient (Wildman–Crippen LogP) is 1.20. The fourth-order valence-corrected chi connectivity index (χ4v) is 22.7. The second kappa shape index (κ2) is 10.1. The van der Waals surface area contributed by atoms with Crippen molar-refractivity contribution in [3.63, 3.8) is 0 Å². The van der Waals surface area contributed by atoms with Gasteiger partial charge in [0.1, 0.15) is 0 Å². The van der Waals surface area contributed by atoms with Gasteiger partial charge in [0.25, 0.3) is 0 Å². The molecule has 0 spiro atoms. The van der Waals surface area contributed by atoms with Gasteiger partial charge < -0.3 is 24.8 Å². The van der Waals surface area contributed by atoms with Crippen LogP contribution in [-0.4, -0.2) is 5.43 Å². The molecule has 0 radical (unpaired) electrons. The molecule has 2 aliphatic carbocycles. The topological polar surface area (TPSA) is 0 Å². The van der Waals surface area contributed by atoms with Gasteiger partial charge in [0.15, 0.2) is 0 Å². The molecule has 0 saturated heterocycles. The van der Waals surface area contributed by atoms with E-state index in [1.807, 2.05) is 6.55 Å². The van der Waals surface area contributed by atoms with Crippen molar-refractivity contribution in [3.8, 4) is 11.1 Å². The van der Waals surface area contributed by atoms with Crippen LogP contribution in [0.3, 0.4) is 0 Å². The Kier molecular flexibility index (Phi) is 8.76. The summed E-state index contributed by atoms with van der Waals surface area (Å²) in [5.74, 6) is 0. The summed E-state index contributed by atoms with van der Waals surface area (Å²) in [4.78, 5) is 0. The van der Waals surface area contributed by atoms with Crippen LogP contribution in [0.4, 0.5) is 0 Å². The van der Waals surface area contributed by atoms with Crippen LogP contribution in [-0.2, 0) is 37.6 Å². The number of halogens is 2. The van der Waals surface area contributed by atoms with Crippen molar-refractivity contribution in [2.75, 3.05) is 0 Å². The zero-order chi connectivity index (χ0) is 21.8. The molecule has 0 amide bonds. The molecule has 4 rings (SSSR count). The van der Waals surface area contributed by atoms with Gasteiger partial charge in [-0.2, -0.15) is 0 Å². The number of allylic oxidation sites excluding steroid dienone is 4. The van der Waals surface area contributed by atoms with Crippen molar-refractivity contribution in [1.82, 2.24) is 0 Å². The van der Waals surface area contributed by atoms with Crippen LogP contribution < -0.4 is 28.1 Å². The molecule has 0 unspecified atom stereocenters. The van der Waals surface area contributed by atoms with Crippen LogP contribution in [0.25, 0.3) is 11.1 Å². The van der Waals surface area contributed by atoms with Gasteiger partial charge in [0, 0.05) is 0 Å². The summed E-state index contributed by atoms with van der Waals surface area (Å²) in [5.41, 5.74) is 9.42. The molecule has 0 nitrogen and oxygen atoms in total. The molecule has 0 aliphatic heterocycles. The van der Waals surface area contributed by atoms with Crippen LogP contribution in [0, 0.1) is 0 Å². The van der Waals surface area contributed by atoms with E-state index in [0.29, 0.717) is 0 Å². The summed E-state index contributed by atoms with van der Waals surface area (Å²) in [6.45, 7) is 19.4. The molecule has 2 aromatic carbocycles. The number of rotatable bonds is 2. The smallest absolute Gasteiger partial charge is 1.00 e. The van der Waals surface area contributed by atoms with Crippen LogP contribution in [0.5, 0.6) is 0 Å². The average Bonchev–Trinajstić information content (AvgIpc) is 3.27. The fraction of sp³-hybridized carbons (Fsp3) is 0.429. The minimum Gasteiger partial charge on any atom is -1.00 e. The Morgan fingerprint density at radius 1 is 0.844 bits per heavy atom. The molecule has 32 heavy (non-hydrogen) atoms. The van der Waals surface area contributed by atoms with Gasteiger partial charge in [-0.25, -0.2) is 0 Å². The monoisotopic (exact) mass is 560 g/mol.